The van der Waals surface area contributed by atoms with Gasteiger partial charge in [0.2, 0.25) is 0 Å². The maximum absolute atomic E-state index is 12.0. The van der Waals surface area contributed by atoms with E-state index >= 15 is 0 Å². The van der Waals surface area contributed by atoms with Crippen LogP contribution >= 0.6 is 0 Å². The molecular formula is C6H8F3N3. The lowest BCUT2D eigenvalue weighted by molar-refractivity contribution is -0.212. The number of nitrogens with two attached hydrogens (primary N) is 1. The summed E-state index contributed by atoms with van der Waals surface area (Å²) in [6.07, 6.45) is -3.30. The molecule has 0 saturated carbocycles. The van der Waals surface area contributed by atoms with E-state index in [9.17, 15) is 13.2 Å². The van der Waals surface area contributed by atoms with E-state index in [0.717, 1.165) is 6.20 Å². The Hall–Kier alpha value is -1.20. The lowest BCUT2D eigenvalue weighted by atomic mass is 10.3. The molecule has 0 spiro atoms. The van der Waals surface area contributed by atoms with E-state index in [1.54, 1.807) is 6.92 Å². The molecule has 0 unspecified atom stereocenters. The summed E-state index contributed by atoms with van der Waals surface area (Å²) < 4.78 is 35.8. The molecule has 0 atom stereocenters. The molecule has 1 aromatic rings. The first-order valence-electron chi connectivity index (χ1n) is 3.36. The molecule has 12 heavy (non-hydrogen) atoms. The van der Waals surface area contributed by atoms with Gasteiger partial charge in [-0.05, 0) is 6.42 Å². The molecule has 0 aliphatic rings. The van der Waals surface area contributed by atoms with Crippen LogP contribution in [0.1, 0.15) is 12.6 Å². The number of aromatic nitrogens is 2. The van der Waals surface area contributed by atoms with Crippen LogP contribution in [0.5, 0.6) is 0 Å². The Morgan fingerprint density at radius 1 is 1.58 bits per heavy atom. The van der Waals surface area contributed by atoms with Crippen molar-refractivity contribution in [1.82, 2.24) is 9.78 Å². The number of rotatable bonds is 1. The van der Waals surface area contributed by atoms with Gasteiger partial charge in [0, 0.05) is 0 Å². The fourth-order valence-electron chi connectivity index (χ4n) is 0.828. The molecule has 2 N–H and O–H groups in total. The second-order valence-corrected chi connectivity index (χ2v) is 2.30. The highest BCUT2D eigenvalue weighted by molar-refractivity contribution is 5.40. The third-order valence-corrected chi connectivity index (χ3v) is 1.42. The standard InChI is InChI=1S/C6H8F3N3/c1-2-5-4(10)3-12(11-5)6(7,8)9/h3H,2,10H2,1H3. The van der Waals surface area contributed by atoms with Gasteiger partial charge in [0.15, 0.2) is 0 Å². The molecule has 3 nitrogen and oxygen atoms in total. The van der Waals surface area contributed by atoms with Crippen molar-refractivity contribution < 1.29 is 13.2 Å². The average Bonchev–Trinajstić information content (AvgIpc) is 2.29. The minimum atomic E-state index is -4.47. The van der Waals surface area contributed by atoms with E-state index < -0.39 is 6.30 Å². The minimum absolute atomic E-state index is 0.0785. The van der Waals surface area contributed by atoms with Gasteiger partial charge in [-0.2, -0.15) is 9.78 Å². The summed E-state index contributed by atoms with van der Waals surface area (Å²) in [5, 5.41) is 3.27. The van der Waals surface area contributed by atoms with E-state index in [2.05, 4.69) is 5.10 Å². The smallest absolute Gasteiger partial charge is 0.396 e. The molecule has 0 aromatic carbocycles. The second kappa shape index (κ2) is 2.69. The molecule has 0 aliphatic carbocycles. The SMILES string of the molecule is CCc1nn(C(F)(F)F)cc1N. The normalized spacial score (nSPS) is 12.0. The molecular weight excluding hydrogens is 171 g/mol. The summed E-state index contributed by atoms with van der Waals surface area (Å²) in [4.78, 5) is 0. The predicted molar refractivity (Wildman–Crippen MR) is 37.3 cm³/mol. The van der Waals surface area contributed by atoms with Crippen LogP contribution in [0.2, 0.25) is 0 Å². The van der Waals surface area contributed by atoms with E-state index in [4.69, 9.17) is 5.73 Å². The van der Waals surface area contributed by atoms with Crippen molar-refractivity contribution in [2.45, 2.75) is 19.6 Å². The van der Waals surface area contributed by atoms with Crippen LogP contribution < -0.4 is 5.73 Å². The molecule has 0 aliphatic heterocycles. The Morgan fingerprint density at radius 2 is 2.17 bits per heavy atom. The third-order valence-electron chi connectivity index (χ3n) is 1.42. The first-order valence-corrected chi connectivity index (χ1v) is 3.36. The van der Waals surface area contributed by atoms with Crippen LogP contribution in [-0.2, 0) is 12.7 Å². The molecule has 0 amide bonds. The van der Waals surface area contributed by atoms with Gasteiger partial charge in [-0.15, -0.1) is 13.2 Å². The maximum atomic E-state index is 12.0. The number of aryl methyl sites for hydroxylation is 1. The Labute approximate surface area is 67.0 Å². The largest absolute Gasteiger partial charge is 0.504 e. The summed E-state index contributed by atoms with van der Waals surface area (Å²) >= 11 is 0. The summed E-state index contributed by atoms with van der Waals surface area (Å²) in [5.74, 6) is 0. The number of anilines is 1. The van der Waals surface area contributed by atoms with Crippen molar-refractivity contribution in [2.75, 3.05) is 5.73 Å². The van der Waals surface area contributed by atoms with Crippen molar-refractivity contribution in [1.29, 1.82) is 0 Å². The van der Waals surface area contributed by atoms with Crippen LogP contribution in [0.4, 0.5) is 18.9 Å². The molecule has 0 saturated heterocycles. The monoisotopic (exact) mass is 179 g/mol. The summed E-state index contributed by atoms with van der Waals surface area (Å²) in [5.41, 5.74) is 5.61. The van der Waals surface area contributed by atoms with Gasteiger partial charge in [-0.3, -0.25) is 0 Å². The summed E-state index contributed by atoms with van der Waals surface area (Å²) in [6, 6.07) is 0. The topological polar surface area (TPSA) is 43.8 Å². The fraction of sp³-hybridized carbons (Fsp3) is 0.500. The number of halogens is 3. The molecule has 0 radical (unpaired) electrons. The van der Waals surface area contributed by atoms with E-state index in [1.807, 2.05) is 0 Å². The molecule has 1 heterocycles. The van der Waals surface area contributed by atoms with Crippen molar-refractivity contribution >= 4 is 5.69 Å². The van der Waals surface area contributed by atoms with Crippen LogP contribution in [0.25, 0.3) is 0 Å². The fourth-order valence-corrected chi connectivity index (χ4v) is 0.828. The van der Waals surface area contributed by atoms with Gasteiger partial charge in [-0.1, -0.05) is 6.92 Å². The number of hydrogen-bond donors (Lipinski definition) is 1. The molecule has 6 heteroatoms. The van der Waals surface area contributed by atoms with Crippen molar-refractivity contribution in [3.05, 3.63) is 11.9 Å². The van der Waals surface area contributed by atoms with E-state index in [0.29, 0.717) is 6.42 Å². The van der Waals surface area contributed by atoms with Crippen LogP contribution in [0.3, 0.4) is 0 Å². The lowest BCUT2D eigenvalue weighted by Gasteiger charge is -2.03. The molecule has 0 fully saturated rings. The quantitative estimate of drug-likeness (QED) is 0.710. The average molecular weight is 179 g/mol. The molecule has 1 aromatic heterocycles. The zero-order chi connectivity index (χ0) is 9.35. The highest BCUT2D eigenvalue weighted by Gasteiger charge is 2.32. The van der Waals surface area contributed by atoms with Crippen LogP contribution in [-0.4, -0.2) is 9.78 Å². The number of alkyl halides is 3. The first kappa shape index (κ1) is 8.89. The van der Waals surface area contributed by atoms with Crippen LogP contribution in [0, 0.1) is 0 Å². The maximum Gasteiger partial charge on any atom is 0.504 e. The van der Waals surface area contributed by atoms with Crippen molar-refractivity contribution in [3.63, 3.8) is 0 Å². The zero-order valence-corrected chi connectivity index (χ0v) is 6.39. The van der Waals surface area contributed by atoms with E-state index in [-0.39, 0.29) is 16.1 Å². The van der Waals surface area contributed by atoms with Crippen LogP contribution in [0.15, 0.2) is 6.20 Å². The lowest BCUT2D eigenvalue weighted by Crippen LogP contribution is -2.17. The number of nitrogens with zero attached hydrogens (tertiary/aromatic N) is 2. The molecule has 0 bridgehead atoms. The highest BCUT2D eigenvalue weighted by atomic mass is 19.4. The number of nitrogen functional groups attached to an aromatic ring is 1. The minimum Gasteiger partial charge on any atom is -0.396 e. The Kier molecular flexibility index (Phi) is 1.99. The second-order valence-electron chi connectivity index (χ2n) is 2.30. The summed E-state index contributed by atoms with van der Waals surface area (Å²) in [7, 11) is 0. The third kappa shape index (κ3) is 1.51. The zero-order valence-electron chi connectivity index (χ0n) is 6.39. The van der Waals surface area contributed by atoms with Gasteiger partial charge >= 0.3 is 6.30 Å². The number of hydrogen-bond acceptors (Lipinski definition) is 2. The van der Waals surface area contributed by atoms with Gasteiger partial charge in [0.05, 0.1) is 17.6 Å². The predicted octanol–water partition coefficient (Wildman–Crippen LogP) is 1.50. The molecule has 1 rings (SSSR count). The Balaban J connectivity index is 3.05. The van der Waals surface area contributed by atoms with Gasteiger partial charge < -0.3 is 5.73 Å². The van der Waals surface area contributed by atoms with Gasteiger partial charge in [0.25, 0.3) is 0 Å². The van der Waals surface area contributed by atoms with Crippen molar-refractivity contribution in [3.8, 4) is 0 Å². The first-order chi connectivity index (χ1) is 5.45. The summed E-state index contributed by atoms with van der Waals surface area (Å²) in [6.45, 7) is 1.69. The Morgan fingerprint density at radius 3 is 2.42 bits per heavy atom. The van der Waals surface area contributed by atoms with E-state index in [1.165, 1.54) is 0 Å². The highest BCUT2D eigenvalue weighted by Crippen LogP contribution is 2.23. The van der Waals surface area contributed by atoms with Gasteiger partial charge in [-0.25, -0.2) is 0 Å². The van der Waals surface area contributed by atoms with Gasteiger partial charge in [0.1, 0.15) is 0 Å². The van der Waals surface area contributed by atoms with Crippen molar-refractivity contribution in [2.24, 2.45) is 0 Å². The molecule has 68 valence electrons. The Bertz CT molecular complexity index is 276.